The van der Waals surface area contributed by atoms with Crippen molar-refractivity contribution in [1.82, 2.24) is 9.55 Å². The molecule has 3 rings (SSSR count). The van der Waals surface area contributed by atoms with Crippen molar-refractivity contribution in [1.29, 1.82) is 0 Å². The van der Waals surface area contributed by atoms with Crippen LogP contribution in [0.3, 0.4) is 0 Å². The molecular formula is C18H19BrN2. The van der Waals surface area contributed by atoms with E-state index in [1.165, 1.54) is 5.52 Å². The van der Waals surface area contributed by atoms with Crippen LogP contribution in [-0.2, 0) is 6.54 Å². The summed E-state index contributed by atoms with van der Waals surface area (Å²) in [6, 6.07) is 16.8. The van der Waals surface area contributed by atoms with Crippen LogP contribution in [0.25, 0.3) is 22.4 Å². The number of fused-ring (bicyclic) bond motifs is 1. The van der Waals surface area contributed by atoms with E-state index >= 15 is 0 Å². The maximum absolute atomic E-state index is 4.84. The van der Waals surface area contributed by atoms with Crippen LogP contribution in [0, 0.1) is 5.92 Å². The number of benzene rings is 2. The van der Waals surface area contributed by atoms with Gasteiger partial charge in [-0.2, -0.15) is 0 Å². The molecule has 0 N–H and O–H groups in total. The van der Waals surface area contributed by atoms with Gasteiger partial charge in [-0.25, -0.2) is 4.98 Å². The standard InChI is InChI=1S/C18H19BrN2/c1-13(2)11-12-21-17-6-4-3-5-16(17)20-18(21)14-7-9-15(19)10-8-14/h3-10,13H,11-12H2,1-2H3. The summed E-state index contributed by atoms with van der Waals surface area (Å²) in [5.74, 6) is 1.74. The van der Waals surface area contributed by atoms with Crippen LogP contribution in [0.15, 0.2) is 53.0 Å². The third kappa shape index (κ3) is 3.03. The molecule has 0 atom stereocenters. The molecule has 0 aliphatic heterocycles. The number of rotatable bonds is 4. The molecule has 0 bridgehead atoms. The molecule has 0 unspecified atom stereocenters. The van der Waals surface area contributed by atoms with E-state index in [1.807, 2.05) is 6.07 Å². The van der Waals surface area contributed by atoms with Crippen LogP contribution in [0.2, 0.25) is 0 Å². The number of imidazole rings is 1. The molecule has 108 valence electrons. The van der Waals surface area contributed by atoms with Crippen LogP contribution in [0.1, 0.15) is 20.3 Å². The first-order valence-corrected chi connectivity index (χ1v) is 8.15. The van der Waals surface area contributed by atoms with Gasteiger partial charge in [-0.1, -0.05) is 54.0 Å². The van der Waals surface area contributed by atoms with Gasteiger partial charge in [-0.15, -0.1) is 0 Å². The Bertz CT molecular complexity index is 742. The molecule has 3 heteroatoms. The Hall–Kier alpha value is -1.61. The zero-order valence-electron chi connectivity index (χ0n) is 12.4. The lowest BCUT2D eigenvalue weighted by Gasteiger charge is -2.11. The zero-order chi connectivity index (χ0) is 14.8. The normalized spacial score (nSPS) is 11.4. The fraction of sp³-hybridized carbons (Fsp3) is 0.278. The SMILES string of the molecule is CC(C)CCn1c(-c2ccc(Br)cc2)nc2ccccc21. The van der Waals surface area contributed by atoms with Crippen molar-refractivity contribution in [3.8, 4) is 11.4 Å². The van der Waals surface area contributed by atoms with E-state index in [0.29, 0.717) is 5.92 Å². The number of nitrogens with zero attached hydrogens (tertiary/aromatic N) is 2. The highest BCUT2D eigenvalue weighted by atomic mass is 79.9. The van der Waals surface area contributed by atoms with Crippen LogP contribution in [0.5, 0.6) is 0 Å². The number of halogens is 1. The van der Waals surface area contributed by atoms with E-state index < -0.39 is 0 Å². The van der Waals surface area contributed by atoms with Gasteiger partial charge in [0.15, 0.2) is 0 Å². The molecule has 21 heavy (non-hydrogen) atoms. The Labute approximate surface area is 134 Å². The molecule has 2 nitrogen and oxygen atoms in total. The van der Waals surface area contributed by atoms with Gasteiger partial charge in [-0.3, -0.25) is 0 Å². The average Bonchev–Trinajstić information content (AvgIpc) is 2.84. The van der Waals surface area contributed by atoms with Crippen molar-refractivity contribution in [3.63, 3.8) is 0 Å². The zero-order valence-corrected chi connectivity index (χ0v) is 14.0. The van der Waals surface area contributed by atoms with E-state index in [9.17, 15) is 0 Å². The molecule has 0 aliphatic carbocycles. The number of hydrogen-bond acceptors (Lipinski definition) is 1. The van der Waals surface area contributed by atoms with Crippen LogP contribution in [-0.4, -0.2) is 9.55 Å². The highest BCUT2D eigenvalue weighted by Crippen LogP contribution is 2.26. The minimum absolute atomic E-state index is 0.684. The summed E-state index contributed by atoms with van der Waals surface area (Å²) in [5, 5.41) is 0. The Morgan fingerprint density at radius 1 is 1.05 bits per heavy atom. The van der Waals surface area contributed by atoms with E-state index in [0.717, 1.165) is 34.3 Å². The Morgan fingerprint density at radius 3 is 2.48 bits per heavy atom. The lowest BCUT2D eigenvalue weighted by atomic mass is 10.1. The first kappa shape index (κ1) is 14.3. The van der Waals surface area contributed by atoms with Crippen molar-refractivity contribution in [2.45, 2.75) is 26.8 Å². The average molecular weight is 343 g/mol. The van der Waals surface area contributed by atoms with E-state index in [1.54, 1.807) is 0 Å². The van der Waals surface area contributed by atoms with Gasteiger partial charge < -0.3 is 4.57 Å². The minimum Gasteiger partial charge on any atom is -0.324 e. The second kappa shape index (κ2) is 6.02. The second-order valence-electron chi connectivity index (χ2n) is 5.77. The van der Waals surface area contributed by atoms with Crippen LogP contribution < -0.4 is 0 Å². The lowest BCUT2D eigenvalue weighted by molar-refractivity contribution is 0.525. The fourth-order valence-corrected chi connectivity index (χ4v) is 2.77. The molecular weight excluding hydrogens is 324 g/mol. The highest BCUT2D eigenvalue weighted by molar-refractivity contribution is 9.10. The second-order valence-corrected chi connectivity index (χ2v) is 6.68. The first-order chi connectivity index (χ1) is 10.1. The van der Waals surface area contributed by atoms with Gasteiger partial charge in [0, 0.05) is 16.6 Å². The lowest BCUT2D eigenvalue weighted by Crippen LogP contribution is -2.03. The molecule has 1 heterocycles. The van der Waals surface area contributed by atoms with Crippen molar-refractivity contribution >= 4 is 27.0 Å². The molecule has 0 amide bonds. The molecule has 0 saturated carbocycles. The van der Waals surface area contributed by atoms with E-state index in [2.05, 4.69) is 76.8 Å². The Kier molecular flexibility index (Phi) is 4.11. The monoisotopic (exact) mass is 342 g/mol. The maximum Gasteiger partial charge on any atom is 0.141 e. The van der Waals surface area contributed by atoms with Crippen molar-refractivity contribution in [3.05, 3.63) is 53.0 Å². The largest absolute Gasteiger partial charge is 0.324 e. The summed E-state index contributed by atoms with van der Waals surface area (Å²) in [4.78, 5) is 4.84. The minimum atomic E-state index is 0.684. The number of aryl methyl sites for hydroxylation is 1. The molecule has 1 aromatic heterocycles. The quantitative estimate of drug-likeness (QED) is 0.611. The van der Waals surface area contributed by atoms with Crippen LogP contribution in [0.4, 0.5) is 0 Å². The third-order valence-corrected chi connectivity index (χ3v) is 4.22. The summed E-state index contributed by atoms with van der Waals surface area (Å²) in [6.45, 7) is 5.53. The first-order valence-electron chi connectivity index (χ1n) is 7.36. The summed E-state index contributed by atoms with van der Waals surface area (Å²) in [6.07, 6.45) is 1.16. The van der Waals surface area contributed by atoms with Gasteiger partial charge in [0.1, 0.15) is 5.82 Å². The Morgan fingerprint density at radius 2 is 1.76 bits per heavy atom. The van der Waals surface area contributed by atoms with E-state index in [4.69, 9.17) is 4.98 Å². The predicted octanol–water partition coefficient (Wildman–Crippen LogP) is 5.51. The van der Waals surface area contributed by atoms with Gasteiger partial charge in [0.2, 0.25) is 0 Å². The highest BCUT2D eigenvalue weighted by Gasteiger charge is 2.12. The summed E-state index contributed by atoms with van der Waals surface area (Å²) in [7, 11) is 0. The van der Waals surface area contributed by atoms with Crippen molar-refractivity contribution in [2.24, 2.45) is 5.92 Å². The smallest absolute Gasteiger partial charge is 0.141 e. The number of para-hydroxylation sites is 2. The molecule has 0 aliphatic rings. The van der Waals surface area contributed by atoms with E-state index in [-0.39, 0.29) is 0 Å². The summed E-state index contributed by atoms with van der Waals surface area (Å²) < 4.78 is 3.44. The van der Waals surface area contributed by atoms with Crippen molar-refractivity contribution in [2.75, 3.05) is 0 Å². The third-order valence-electron chi connectivity index (χ3n) is 3.69. The predicted molar refractivity (Wildman–Crippen MR) is 92.3 cm³/mol. The number of aromatic nitrogens is 2. The van der Waals surface area contributed by atoms with Gasteiger partial charge >= 0.3 is 0 Å². The van der Waals surface area contributed by atoms with Crippen molar-refractivity contribution < 1.29 is 0 Å². The van der Waals surface area contributed by atoms with Crippen LogP contribution >= 0.6 is 15.9 Å². The summed E-state index contributed by atoms with van der Waals surface area (Å²) >= 11 is 3.49. The summed E-state index contributed by atoms with van der Waals surface area (Å²) in [5.41, 5.74) is 3.45. The van der Waals surface area contributed by atoms with Gasteiger partial charge in [0.25, 0.3) is 0 Å². The molecule has 0 spiro atoms. The van der Waals surface area contributed by atoms with Gasteiger partial charge in [-0.05, 0) is 36.6 Å². The molecule has 0 saturated heterocycles. The topological polar surface area (TPSA) is 17.8 Å². The molecule has 0 fully saturated rings. The van der Waals surface area contributed by atoms with Gasteiger partial charge in [0.05, 0.1) is 11.0 Å². The fourth-order valence-electron chi connectivity index (χ4n) is 2.51. The molecule has 3 aromatic rings. The Balaban J connectivity index is 2.11. The molecule has 0 radical (unpaired) electrons. The number of hydrogen-bond donors (Lipinski definition) is 0. The molecule has 2 aromatic carbocycles. The maximum atomic E-state index is 4.84.